The molecular formula is C18H19N3O5. The summed E-state index contributed by atoms with van der Waals surface area (Å²) in [6.45, 7) is 1.87. The van der Waals surface area contributed by atoms with Crippen LogP contribution in [0.4, 0.5) is 11.4 Å². The Morgan fingerprint density at radius 3 is 2.58 bits per heavy atom. The summed E-state index contributed by atoms with van der Waals surface area (Å²) in [6, 6.07) is 11.2. The minimum Gasteiger partial charge on any atom is -0.452 e. The Labute approximate surface area is 150 Å². The van der Waals surface area contributed by atoms with Crippen molar-refractivity contribution >= 4 is 23.3 Å². The minimum atomic E-state index is -0.828. The molecule has 0 aliphatic carbocycles. The Hall–Kier alpha value is -3.42. The van der Waals surface area contributed by atoms with Gasteiger partial charge in [-0.3, -0.25) is 14.9 Å². The number of carbonyl (C=O) groups is 2. The molecule has 8 nitrogen and oxygen atoms in total. The number of amides is 1. The van der Waals surface area contributed by atoms with Crippen molar-refractivity contribution < 1.29 is 19.2 Å². The van der Waals surface area contributed by atoms with E-state index in [1.165, 1.54) is 17.0 Å². The van der Waals surface area contributed by atoms with Crippen LogP contribution in [0.25, 0.3) is 0 Å². The van der Waals surface area contributed by atoms with Gasteiger partial charge in [0.15, 0.2) is 6.61 Å². The number of nitrogen functional groups attached to an aromatic ring is 1. The average Bonchev–Trinajstić information content (AvgIpc) is 2.61. The first kappa shape index (κ1) is 18.9. The van der Waals surface area contributed by atoms with Gasteiger partial charge in [0.05, 0.1) is 10.5 Å². The molecule has 0 fully saturated rings. The van der Waals surface area contributed by atoms with E-state index < -0.39 is 17.5 Å². The molecule has 0 heterocycles. The highest BCUT2D eigenvalue weighted by Crippen LogP contribution is 2.22. The summed E-state index contributed by atoms with van der Waals surface area (Å²) in [4.78, 5) is 35.8. The summed E-state index contributed by atoms with van der Waals surface area (Å²) in [5.74, 6) is -1.21. The van der Waals surface area contributed by atoms with Crippen LogP contribution >= 0.6 is 0 Å². The van der Waals surface area contributed by atoms with Crippen LogP contribution < -0.4 is 5.73 Å². The Balaban J connectivity index is 1.96. The molecule has 0 bridgehead atoms. The first-order valence-corrected chi connectivity index (χ1v) is 7.79. The van der Waals surface area contributed by atoms with Crippen molar-refractivity contribution in [2.45, 2.75) is 13.5 Å². The van der Waals surface area contributed by atoms with Crippen molar-refractivity contribution in [3.05, 3.63) is 69.3 Å². The lowest BCUT2D eigenvalue weighted by molar-refractivity contribution is -0.383. The Morgan fingerprint density at radius 2 is 1.92 bits per heavy atom. The van der Waals surface area contributed by atoms with E-state index in [-0.39, 0.29) is 22.8 Å². The molecule has 0 radical (unpaired) electrons. The maximum Gasteiger partial charge on any atom is 0.338 e. The van der Waals surface area contributed by atoms with Gasteiger partial charge in [-0.25, -0.2) is 4.79 Å². The molecule has 0 saturated heterocycles. The minimum absolute atomic E-state index is 0.0414. The molecule has 0 aromatic heterocycles. The summed E-state index contributed by atoms with van der Waals surface area (Å²) in [5.41, 5.74) is 7.04. The van der Waals surface area contributed by atoms with Gasteiger partial charge in [0.1, 0.15) is 5.69 Å². The van der Waals surface area contributed by atoms with E-state index in [2.05, 4.69) is 0 Å². The molecule has 0 unspecified atom stereocenters. The summed E-state index contributed by atoms with van der Waals surface area (Å²) in [6.07, 6.45) is 0. The summed E-state index contributed by atoms with van der Waals surface area (Å²) in [7, 11) is 1.61. The predicted octanol–water partition coefficient (Wildman–Crippen LogP) is 2.30. The zero-order chi connectivity index (χ0) is 19.3. The van der Waals surface area contributed by atoms with Crippen LogP contribution in [0.15, 0.2) is 42.5 Å². The van der Waals surface area contributed by atoms with Crippen molar-refractivity contribution in [3.63, 3.8) is 0 Å². The zero-order valence-electron chi connectivity index (χ0n) is 14.5. The van der Waals surface area contributed by atoms with E-state index in [9.17, 15) is 19.7 Å². The number of benzene rings is 2. The number of nitro benzene ring substituents is 1. The SMILES string of the molecule is Cc1ccccc1CN(C)C(=O)COC(=O)c1ccc(N)c([N+](=O)[O-])c1. The van der Waals surface area contributed by atoms with Gasteiger partial charge < -0.3 is 15.4 Å². The molecule has 0 aliphatic heterocycles. The van der Waals surface area contributed by atoms with Gasteiger partial charge in [-0.15, -0.1) is 0 Å². The molecule has 0 aliphatic rings. The maximum atomic E-state index is 12.1. The highest BCUT2D eigenvalue weighted by atomic mass is 16.6. The molecule has 0 atom stereocenters. The summed E-state index contributed by atoms with van der Waals surface area (Å²) >= 11 is 0. The molecule has 2 aromatic carbocycles. The molecule has 2 rings (SSSR count). The number of likely N-dealkylation sites (N-methyl/N-ethyl adjacent to an activating group) is 1. The second-order valence-corrected chi connectivity index (χ2v) is 5.78. The number of anilines is 1. The van der Waals surface area contributed by atoms with Gasteiger partial charge in [0.25, 0.3) is 11.6 Å². The Kier molecular flexibility index (Phi) is 5.90. The van der Waals surface area contributed by atoms with Gasteiger partial charge in [0, 0.05) is 19.7 Å². The first-order valence-electron chi connectivity index (χ1n) is 7.79. The van der Waals surface area contributed by atoms with E-state index in [0.717, 1.165) is 17.2 Å². The van der Waals surface area contributed by atoms with Crippen LogP contribution in [0.3, 0.4) is 0 Å². The van der Waals surface area contributed by atoms with Crippen LogP contribution in [-0.4, -0.2) is 35.4 Å². The van der Waals surface area contributed by atoms with Gasteiger partial charge >= 0.3 is 5.97 Å². The van der Waals surface area contributed by atoms with Crippen molar-refractivity contribution in [3.8, 4) is 0 Å². The average molecular weight is 357 g/mol. The van der Waals surface area contributed by atoms with Crippen molar-refractivity contribution in [2.75, 3.05) is 19.4 Å². The number of esters is 1. The van der Waals surface area contributed by atoms with E-state index in [1.807, 2.05) is 31.2 Å². The lowest BCUT2D eigenvalue weighted by atomic mass is 10.1. The molecule has 136 valence electrons. The second-order valence-electron chi connectivity index (χ2n) is 5.78. The fourth-order valence-electron chi connectivity index (χ4n) is 2.28. The molecule has 2 aromatic rings. The predicted molar refractivity (Wildman–Crippen MR) is 95.4 cm³/mol. The smallest absolute Gasteiger partial charge is 0.338 e. The van der Waals surface area contributed by atoms with Gasteiger partial charge in [0.2, 0.25) is 0 Å². The topological polar surface area (TPSA) is 116 Å². The van der Waals surface area contributed by atoms with E-state index in [4.69, 9.17) is 10.5 Å². The zero-order valence-corrected chi connectivity index (χ0v) is 14.5. The summed E-state index contributed by atoms with van der Waals surface area (Å²) in [5, 5.41) is 10.9. The van der Waals surface area contributed by atoms with Crippen LogP contribution in [0.1, 0.15) is 21.5 Å². The molecule has 2 N–H and O–H groups in total. The number of rotatable bonds is 6. The number of hydrogen-bond acceptors (Lipinski definition) is 6. The van der Waals surface area contributed by atoms with Crippen LogP contribution in [0.2, 0.25) is 0 Å². The van der Waals surface area contributed by atoms with E-state index in [0.29, 0.717) is 6.54 Å². The number of nitrogens with zero attached hydrogens (tertiary/aromatic N) is 2. The lowest BCUT2D eigenvalue weighted by Gasteiger charge is -2.18. The van der Waals surface area contributed by atoms with Crippen LogP contribution in [0, 0.1) is 17.0 Å². The molecule has 8 heteroatoms. The van der Waals surface area contributed by atoms with Gasteiger partial charge in [-0.05, 0) is 30.2 Å². The van der Waals surface area contributed by atoms with Crippen LogP contribution in [-0.2, 0) is 16.1 Å². The maximum absolute atomic E-state index is 12.1. The fourth-order valence-corrected chi connectivity index (χ4v) is 2.28. The fraction of sp³-hybridized carbons (Fsp3) is 0.222. The number of nitrogens with two attached hydrogens (primary N) is 1. The third-order valence-corrected chi connectivity index (χ3v) is 3.88. The van der Waals surface area contributed by atoms with E-state index in [1.54, 1.807) is 7.05 Å². The standard InChI is InChI=1S/C18H19N3O5/c1-12-5-3-4-6-14(12)10-20(2)17(22)11-26-18(23)13-7-8-15(19)16(9-13)21(24)25/h3-9H,10-11,19H2,1-2H3. The van der Waals surface area contributed by atoms with E-state index >= 15 is 0 Å². The Bertz CT molecular complexity index is 850. The second kappa shape index (κ2) is 8.11. The number of hydrogen-bond donors (Lipinski definition) is 1. The van der Waals surface area contributed by atoms with Gasteiger partial charge in [-0.1, -0.05) is 24.3 Å². The van der Waals surface area contributed by atoms with Gasteiger partial charge in [-0.2, -0.15) is 0 Å². The number of ether oxygens (including phenoxy) is 1. The quantitative estimate of drug-likeness (QED) is 0.367. The third-order valence-electron chi connectivity index (χ3n) is 3.88. The number of aryl methyl sites for hydroxylation is 1. The molecule has 1 amide bonds. The summed E-state index contributed by atoms with van der Waals surface area (Å²) < 4.78 is 4.96. The molecule has 0 spiro atoms. The highest BCUT2D eigenvalue weighted by Gasteiger charge is 2.18. The van der Waals surface area contributed by atoms with Crippen LogP contribution in [0.5, 0.6) is 0 Å². The molecular weight excluding hydrogens is 338 g/mol. The number of nitro groups is 1. The Morgan fingerprint density at radius 1 is 1.23 bits per heavy atom. The monoisotopic (exact) mass is 357 g/mol. The number of carbonyl (C=O) groups excluding carboxylic acids is 2. The largest absolute Gasteiger partial charge is 0.452 e. The molecule has 0 saturated carbocycles. The van der Waals surface area contributed by atoms with Crippen molar-refractivity contribution in [2.24, 2.45) is 0 Å². The highest BCUT2D eigenvalue weighted by molar-refractivity contribution is 5.92. The van der Waals surface area contributed by atoms with Crippen molar-refractivity contribution in [1.29, 1.82) is 0 Å². The normalized spacial score (nSPS) is 10.2. The third kappa shape index (κ3) is 4.56. The van der Waals surface area contributed by atoms with Crippen molar-refractivity contribution in [1.82, 2.24) is 4.90 Å². The molecule has 26 heavy (non-hydrogen) atoms. The first-order chi connectivity index (χ1) is 12.3. The lowest BCUT2D eigenvalue weighted by Crippen LogP contribution is -2.31.